The van der Waals surface area contributed by atoms with Crippen molar-refractivity contribution in [3.63, 3.8) is 0 Å². The van der Waals surface area contributed by atoms with Crippen LogP contribution in [0, 0.1) is 20.8 Å². The number of rotatable bonds is 3. The number of amides is 1. The summed E-state index contributed by atoms with van der Waals surface area (Å²) in [6, 6.07) is 9.67. The number of hydrogen-bond donors (Lipinski definition) is 1. The van der Waals surface area contributed by atoms with Gasteiger partial charge >= 0.3 is 5.91 Å². The van der Waals surface area contributed by atoms with Crippen molar-refractivity contribution in [1.29, 1.82) is 0 Å². The molecule has 3 aromatic rings. The number of carbonyl (C=O) groups is 1. The summed E-state index contributed by atoms with van der Waals surface area (Å²) in [6.07, 6.45) is 1.57. The SMILES string of the molecule is Cc1ccc(/C=N\NC(=O)c2nc3nc(C)cc(C)n3n2)cc1. The molecule has 0 aliphatic rings. The van der Waals surface area contributed by atoms with Gasteiger partial charge in [-0.05, 0) is 32.4 Å². The Morgan fingerprint density at radius 3 is 2.65 bits per heavy atom. The van der Waals surface area contributed by atoms with Crippen LogP contribution in [0.25, 0.3) is 5.78 Å². The lowest BCUT2D eigenvalue weighted by Gasteiger charge is -1.97. The normalized spacial score (nSPS) is 11.3. The molecule has 1 aromatic carbocycles. The van der Waals surface area contributed by atoms with Crippen LogP contribution in [-0.4, -0.2) is 31.7 Å². The second-order valence-electron chi connectivity index (χ2n) is 5.30. The molecule has 116 valence electrons. The first kappa shape index (κ1) is 14.8. The number of hydrogen-bond acceptors (Lipinski definition) is 5. The highest BCUT2D eigenvalue weighted by atomic mass is 16.2. The monoisotopic (exact) mass is 308 g/mol. The molecule has 2 aromatic heterocycles. The van der Waals surface area contributed by atoms with E-state index in [1.807, 2.05) is 51.1 Å². The van der Waals surface area contributed by atoms with Gasteiger partial charge in [0.1, 0.15) is 0 Å². The first-order valence-corrected chi connectivity index (χ1v) is 7.14. The standard InChI is InChI=1S/C16H16N6O/c1-10-4-6-13(7-5-10)9-17-20-15(23)14-19-16-18-11(2)8-12(3)22(16)21-14/h4-9H,1-3H3,(H,20,23)/b17-9-. The highest BCUT2D eigenvalue weighted by Crippen LogP contribution is 2.05. The maximum atomic E-state index is 12.1. The van der Waals surface area contributed by atoms with E-state index in [1.165, 1.54) is 10.1 Å². The Balaban J connectivity index is 1.75. The molecular weight excluding hydrogens is 292 g/mol. The molecule has 0 bridgehead atoms. The lowest BCUT2D eigenvalue weighted by atomic mass is 10.2. The first-order chi connectivity index (χ1) is 11.0. The van der Waals surface area contributed by atoms with Crippen LogP contribution in [0.4, 0.5) is 0 Å². The molecule has 3 rings (SSSR count). The first-order valence-electron chi connectivity index (χ1n) is 7.14. The van der Waals surface area contributed by atoms with Gasteiger partial charge in [-0.2, -0.15) is 10.1 Å². The van der Waals surface area contributed by atoms with E-state index in [0.717, 1.165) is 17.0 Å². The molecule has 7 nitrogen and oxygen atoms in total. The molecule has 0 aliphatic carbocycles. The number of hydrazone groups is 1. The van der Waals surface area contributed by atoms with Crippen LogP contribution in [0.15, 0.2) is 35.4 Å². The van der Waals surface area contributed by atoms with Crippen molar-refractivity contribution in [3.8, 4) is 0 Å². The summed E-state index contributed by atoms with van der Waals surface area (Å²) in [4.78, 5) is 20.4. The minimum absolute atomic E-state index is 0.0345. The average Bonchev–Trinajstić information content (AvgIpc) is 2.93. The van der Waals surface area contributed by atoms with E-state index in [4.69, 9.17) is 0 Å². The van der Waals surface area contributed by atoms with Gasteiger partial charge in [-0.1, -0.05) is 29.8 Å². The Morgan fingerprint density at radius 1 is 1.17 bits per heavy atom. The number of nitrogens with one attached hydrogen (secondary N) is 1. The summed E-state index contributed by atoms with van der Waals surface area (Å²) < 4.78 is 1.53. The van der Waals surface area contributed by atoms with Crippen LogP contribution in [0.3, 0.4) is 0 Å². The summed E-state index contributed by atoms with van der Waals surface area (Å²) in [6.45, 7) is 5.76. The van der Waals surface area contributed by atoms with Gasteiger partial charge in [-0.3, -0.25) is 4.79 Å². The summed E-state index contributed by atoms with van der Waals surface area (Å²) in [5.74, 6) is -0.0432. The third kappa shape index (κ3) is 3.23. The smallest absolute Gasteiger partial charge is 0.264 e. The van der Waals surface area contributed by atoms with Crippen LogP contribution in [-0.2, 0) is 0 Å². The molecule has 0 saturated carbocycles. The average molecular weight is 308 g/mol. The quantitative estimate of drug-likeness (QED) is 0.591. The van der Waals surface area contributed by atoms with Crippen molar-refractivity contribution in [1.82, 2.24) is 25.0 Å². The fourth-order valence-corrected chi connectivity index (χ4v) is 2.13. The molecule has 0 atom stereocenters. The molecule has 1 N–H and O–H groups in total. The van der Waals surface area contributed by atoms with Crippen LogP contribution in [0.1, 0.15) is 33.1 Å². The van der Waals surface area contributed by atoms with Gasteiger partial charge in [0.15, 0.2) is 0 Å². The van der Waals surface area contributed by atoms with Crippen molar-refractivity contribution < 1.29 is 4.79 Å². The number of carbonyl (C=O) groups excluding carboxylic acids is 1. The molecule has 0 unspecified atom stereocenters. The highest BCUT2D eigenvalue weighted by molar-refractivity contribution is 5.91. The Morgan fingerprint density at radius 2 is 1.91 bits per heavy atom. The van der Waals surface area contributed by atoms with E-state index in [1.54, 1.807) is 6.21 Å². The van der Waals surface area contributed by atoms with E-state index in [-0.39, 0.29) is 5.82 Å². The summed E-state index contributed by atoms with van der Waals surface area (Å²) in [5, 5.41) is 8.07. The van der Waals surface area contributed by atoms with Gasteiger partial charge in [0.05, 0.1) is 6.21 Å². The number of nitrogens with zero attached hydrogens (tertiary/aromatic N) is 5. The van der Waals surface area contributed by atoms with E-state index in [0.29, 0.717) is 5.78 Å². The number of fused-ring (bicyclic) bond motifs is 1. The molecule has 1 amide bonds. The van der Waals surface area contributed by atoms with Gasteiger partial charge in [0, 0.05) is 11.4 Å². The summed E-state index contributed by atoms with van der Waals surface area (Å²) >= 11 is 0. The predicted octanol–water partition coefficient (Wildman–Crippen LogP) is 1.81. The Labute approximate surface area is 133 Å². The molecule has 0 saturated heterocycles. The number of aromatic nitrogens is 4. The third-order valence-electron chi connectivity index (χ3n) is 3.28. The largest absolute Gasteiger partial charge is 0.311 e. The molecule has 0 aliphatic heterocycles. The topological polar surface area (TPSA) is 84.5 Å². The Kier molecular flexibility index (Phi) is 3.84. The molecule has 0 fully saturated rings. The lowest BCUT2D eigenvalue weighted by molar-refractivity contribution is 0.0945. The van der Waals surface area contributed by atoms with E-state index in [9.17, 15) is 4.79 Å². The number of aryl methyl sites for hydroxylation is 3. The second-order valence-corrected chi connectivity index (χ2v) is 5.30. The zero-order valence-electron chi connectivity index (χ0n) is 13.1. The molecule has 23 heavy (non-hydrogen) atoms. The zero-order chi connectivity index (χ0) is 16.4. The van der Waals surface area contributed by atoms with Gasteiger partial charge in [0.25, 0.3) is 5.78 Å². The fourth-order valence-electron chi connectivity index (χ4n) is 2.13. The third-order valence-corrected chi connectivity index (χ3v) is 3.28. The summed E-state index contributed by atoms with van der Waals surface area (Å²) in [5.41, 5.74) is 6.17. The van der Waals surface area contributed by atoms with Crippen LogP contribution < -0.4 is 5.43 Å². The van der Waals surface area contributed by atoms with Crippen molar-refractivity contribution in [2.45, 2.75) is 20.8 Å². The predicted molar refractivity (Wildman–Crippen MR) is 86.5 cm³/mol. The van der Waals surface area contributed by atoms with Gasteiger partial charge in [0.2, 0.25) is 5.82 Å². The minimum atomic E-state index is -0.476. The van der Waals surface area contributed by atoms with Crippen LogP contribution >= 0.6 is 0 Å². The highest BCUT2D eigenvalue weighted by Gasteiger charge is 2.14. The van der Waals surface area contributed by atoms with Crippen LogP contribution in [0.5, 0.6) is 0 Å². The zero-order valence-corrected chi connectivity index (χ0v) is 13.1. The van der Waals surface area contributed by atoms with E-state index >= 15 is 0 Å². The van der Waals surface area contributed by atoms with E-state index < -0.39 is 5.91 Å². The van der Waals surface area contributed by atoms with Crippen molar-refractivity contribution in [2.75, 3.05) is 0 Å². The maximum Gasteiger partial charge on any atom is 0.311 e. The molecule has 0 radical (unpaired) electrons. The van der Waals surface area contributed by atoms with Crippen molar-refractivity contribution in [2.24, 2.45) is 5.10 Å². The fraction of sp³-hybridized carbons (Fsp3) is 0.188. The number of benzene rings is 1. The maximum absolute atomic E-state index is 12.1. The Hall–Kier alpha value is -3.09. The van der Waals surface area contributed by atoms with Crippen LogP contribution in [0.2, 0.25) is 0 Å². The Bertz CT molecular complexity index is 895. The van der Waals surface area contributed by atoms with Gasteiger partial charge in [-0.25, -0.2) is 14.9 Å². The molecular formula is C16H16N6O. The molecule has 7 heteroatoms. The van der Waals surface area contributed by atoms with Crippen molar-refractivity contribution >= 4 is 17.9 Å². The minimum Gasteiger partial charge on any atom is -0.264 e. The molecule has 2 heterocycles. The second kappa shape index (κ2) is 5.96. The lowest BCUT2D eigenvalue weighted by Crippen LogP contribution is -2.19. The van der Waals surface area contributed by atoms with Gasteiger partial charge < -0.3 is 0 Å². The van der Waals surface area contributed by atoms with E-state index in [2.05, 4.69) is 25.6 Å². The summed E-state index contributed by atoms with van der Waals surface area (Å²) in [7, 11) is 0. The van der Waals surface area contributed by atoms with Crippen molar-refractivity contribution in [3.05, 3.63) is 58.7 Å². The van der Waals surface area contributed by atoms with Gasteiger partial charge in [-0.15, -0.1) is 5.10 Å². The molecule has 0 spiro atoms.